The Kier molecular flexibility index (Phi) is 4.69. The Morgan fingerprint density at radius 3 is 2.44 bits per heavy atom. The molecule has 1 heterocycles. The van der Waals surface area contributed by atoms with Gasteiger partial charge in [0.2, 0.25) is 0 Å². The zero-order valence-electron chi connectivity index (χ0n) is 9.35. The fourth-order valence-corrected chi connectivity index (χ4v) is 2.04. The number of amides is 1. The molecule has 0 aliphatic rings. The van der Waals surface area contributed by atoms with E-state index >= 15 is 0 Å². The number of hydrogen-bond acceptors (Lipinski definition) is 2. The van der Waals surface area contributed by atoms with Gasteiger partial charge >= 0.3 is 0 Å². The van der Waals surface area contributed by atoms with Gasteiger partial charge in [0.15, 0.2) is 5.76 Å². The summed E-state index contributed by atoms with van der Waals surface area (Å²) in [6.45, 7) is 3.71. The molecule has 1 amide bonds. The van der Waals surface area contributed by atoms with Crippen molar-refractivity contribution < 1.29 is 9.21 Å². The lowest BCUT2D eigenvalue weighted by Gasteiger charge is -2.28. The van der Waals surface area contributed by atoms with Gasteiger partial charge in [-0.25, -0.2) is 0 Å². The molecular weight excluding hydrogens is 249 g/mol. The molecule has 90 valence electrons. The Hall–Kier alpha value is -0.670. The second-order valence-corrected chi connectivity index (χ2v) is 4.30. The van der Waals surface area contributed by atoms with Crippen LogP contribution in [0.5, 0.6) is 0 Å². The van der Waals surface area contributed by atoms with Crippen LogP contribution in [0.1, 0.15) is 29.7 Å². The minimum atomic E-state index is -0.569. The molecule has 0 spiro atoms. The Morgan fingerprint density at radius 1 is 1.44 bits per heavy atom. The van der Waals surface area contributed by atoms with Gasteiger partial charge in [-0.1, -0.05) is 6.92 Å². The summed E-state index contributed by atoms with van der Waals surface area (Å²) in [5.41, 5.74) is -0.569. The Labute approximate surface area is 105 Å². The van der Waals surface area contributed by atoms with E-state index < -0.39 is 5.54 Å². The maximum Gasteiger partial charge on any atom is 0.287 e. The van der Waals surface area contributed by atoms with E-state index in [9.17, 15) is 4.79 Å². The third kappa shape index (κ3) is 2.92. The van der Waals surface area contributed by atoms with Crippen LogP contribution in [0.15, 0.2) is 16.5 Å². The number of aryl methyl sites for hydroxylation is 1. The van der Waals surface area contributed by atoms with Crippen LogP contribution < -0.4 is 5.32 Å². The van der Waals surface area contributed by atoms with E-state index in [1.165, 1.54) is 0 Å². The molecule has 1 aromatic rings. The fraction of sp³-hybridized carbons (Fsp3) is 0.545. The lowest BCUT2D eigenvalue weighted by atomic mass is 10.0. The summed E-state index contributed by atoms with van der Waals surface area (Å²) >= 11 is 11.7. The van der Waals surface area contributed by atoms with Gasteiger partial charge in [0, 0.05) is 11.8 Å². The van der Waals surface area contributed by atoms with E-state index in [0.717, 1.165) is 0 Å². The predicted molar refractivity (Wildman–Crippen MR) is 65.4 cm³/mol. The normalized spacial score (nSPS) is 11.5. The van der Waals surface area contributed by atoms with Crippen molar-refractivity contribution in [3.63, 3.8) is 0 Å². The molecule has 0 saturated heterocycles. The molecule has 0 fully saturated rings. The van der Waals surface area contributed by atoms with Crippen LogP contribution in [0.3, 0.4) is 0 Å². The largest absolute Gasteiger partial charge is 0.456 e. The van der Waals surface area contributed by atoms with E-state index in [1.54, 1.807) is 19.1 Å². The first-order chi connectivity index (χ1) is 7.56. The van der Waals surface area contributed by atoms with Crippen molar-refractivity contribution in [2.75, 3.05) is 11.8 Å². The van der Waals surface area contributed by atoms with Gasteiger partial charge in [-0.05, 0) is 25.5 Å². The molecule has 0 aliphatic carbocycles. The Balaban J connectivity index is 2.76. The highest BCUT2D eigenvalue weighted by molar-refractivity contribution is 6.22. The van der Waals surface area contributed by atoms with Crippen LogP contribution in [0.4, 0.5) is 0 Å². The first-order valence-electron chi connectivity index (χ1n) is 5.08. The number of carbonyl (C=O) groups is 1. The molecule has 0 saturated carbocycles. The Bertz CT molecular complexity index is 350. The predicted octanol–water partition coefficient (Wildman–Crippen LogP) is 2.94. The zero-order valence-corrected chi connectivity index (χ0v) is 10.9. The van der Waals surface area contributed by atoms with Gasteiger partial charge in [-0.3, -0.25) is 4.79 Å². The number of carbonyl (C=O) groups excluding carboxylic acids is 1. The summed E-state index contributed by atoms with van der Waals surface area (Å²) in [6.07, 6.45) is 0.672. The second-order valence-electron chi connectivity index (χ2n) is 3.77. The molecule has 1 aromatic heterocycles. The first kappa shape index (κ1) is 13.4. The molecule has 3 nitrogen and oxygen atoms in total. The number of halogens is 2. The van der Waals surface area contributed by atoms with Crippen molar-refractivity contribution in [1.29, 1.82) is 0 Å². The summed E-state index contributed by atoms with van der Waals surface area (Å²) in [5, 5.41) is 2.81. The topological polar surface area (TPSA) is 42.2 Å². The molecule has 5 heteroatoms. The molecule has 1 N–H and O–H groups in total. The van der Waals surface area contributed by atoms with Crippen molar-refractivity contribution in [2.45, 2.75) is 25.8 Å². The van der Waals surface area contributed by atoms with Gasteiger partial charge in [-0.2, -0.15) is 0 Å². The molecule has 0 atom stereocenters. The number of furan rings is 1. The molecular formula is C11H15Cl2NO2. The van der Waals surface area contributed by atoms with Crippen LogP contribution >= 0.6 is 23.2 Å². The van der Waals surface area contributed by atoms with Crippen LogP contribution in [0.2, 0.25) is 0 Å². The lowest BCUT2D eigenvalue weighted by molar-refractivity contribution is 0.0883. The highest BCUT2D eigenvalue weighted by Gasteiger charge is 2.29. The third-order valence-electron chi connectivity index (χ3n) is 2.53. The first-order valence-corrected chi connectivity index (χ1v) is 6.14. The zero-order chi connectivity index (χ0) is 12.2. The molecule has 0 bridgehead atoms. The maximum absolute atomic E-state index is 11.8. The van der Waals surface area contributed by atoms with E-state index in [2.05, 4.69) is 5.32 Å². The minimum absolute atomic E-state index is 0.276. The highest BCUT2D eigenvalue weighted by atomic mass is 35.5. The Morgan fingerprint density at radius 2 is 2.06 bits per heavy atom. The van der Waals surface area contributed by atoms with Gasteiger partial charge < -0.3 is 9.73 Å². The molecule has 1 rings (SSSR count). The molecule has 0 radical (unpaired) electrons. The summed E-state index contributed by atoms with van der Waals surface area (Å²) in [7, 11) is 0. The SMILES string of the molecule is CCC(CCl)(CCl)NC(=O)c1ccc(C)o1. The van der Waals surface area contributed by atoms with Crippen LogP contribution in [0, 0.1) is 6.92 Å². The number of alkyl halides is 2. The minimum Gasteiger partial charge on any atom is -0.456 e. The number of nitrogens with one attached hydrogen (secondary N) is 1. The number of rotatable bonds is 5. The summed E-state index contributed by atoms with van der Waals surface area (Å²) in [6, 6.07) is 3.37. The van der Waals surface area contributed by atoms with Gasteiger partial charge in [0.05, 0.1) is 5.54 Å². The van der Waals surface area contributed by atoms with Gasteiger partial charge in [-0.15, -0.1) is 23.2 Å². The quantitative estimate of drug-likeness (QED) is 0.831. The van der Waals surface area contributed by atoms with Crippen LogP contribution in [0.25, 0.3) is 0 Å². The summed E-state index contributed by atoms with van der Waals surface area (Å²) in [5.74, 6) is 1.25. The van der Waals surface area contributed by atoms with Crippen molar-refractivity contribution in [3.8, 4) is 0 Å². The summed E-state index contributed by atoms with van der Waals surface area (Å²) < 4.78 is 5.23. The molecule has 16 heavy (non-hydrogen) atoms. The smallest absolute Gasteiger partial charge is 0.287 e. The van der Waals surface area contributed by atoms with Crippen LogP contribution in [-0.2, 0) is 0 Å². The molecule has 0 aliphatic heterocycles. The fourth-order valence-electron chi connectivity index (χ4n) is 1.24. The van der Waals surface area contributed by atoms with Crippen molar-refractivity contribution in [1.82, 2.24) is 5.32 Å². The lowest BCUT2D eigenvalue weighted by Crippen LogP contribution is -2.51. The third-order valence-corrected chi connectivity index (χ3v) is 3.55. The average Bonchev–Trinajstić information content (AvgIpc) is 2.73. The van der Waals surface area contributed by atoms with E-state index in [4.69, 9.17) is 27.6 Å². The monoisotopic (exact) mass is 263 g/mol. The van der Waals surface area contributed by atoms with E-state index in [1.807, 2.05) is 6.92 Å². The average molecular weight is 264 g/mol. The van der Waals surface area contributed by atoms with Gasteiger partial charge in [0.1, 0.15) is 5.76 Å². The van der Waals surface area contributed by atoms with Crippen molar-refractivity contribution in [3.05, 3.63) is 23.7 Å². The molecule has 0 unspecified atom stereocenters. The van der Waals surface area contributed by atoms with E-state index in [-0.39, 0.29) is 23.4 Å². The van der Waals surface area contributed by atoms with Crippen molar-refractivity contribution in [2.24, 2.45) is 0 Å². The van der Waals surface area contributed by atoms with Crippen molar-refractivity contribution >= 4 is 29.1 Å². The van der Waals surface area contributed by atoms with Gasteiger partial charge in [0.25, 0.3) is 5.91 Å². The summed E-state index contributed by atoms with van der Waals surface area (Å²) in [4.78, 5) is 11.8. The van der Waals surface area contributed by atoms with E-state index in [0.29, 0.717) is 12.2 Å². The number of hydrogen-bond donors (Lipinski definition) is 1. The standard InChI is InChI=1S/C11H15Cl2NO2/c1-3-11(6-12,7-13)14-10(15)9-5-4-8(2)16-9/h4-5H,3,6-7H2,1-2H3,(H,14,15). The van der Waals surface area contributed by atoms with Crippen LogP contribution in [-0.4, -0.2) is 23.2 Å². The highest BCUT2D eigenvalue weighted by Crippen LogP contribution is 2.16. The maximum atomic E-state index is 11.8. The molecule has 0 aromatic carbocycles. The second kappa shape index (κ2) is 5.60.